The Morgan fingerprint density at radius 3 is 1.93 bits per heavy atom. The van der Waals surface area contributed by atoms with Gasteiger partial charge in [0.2, 0.25) is 7.38 Å². The molecule has 0 atom stereocenters. The molecule has 1 aromatic rings. The van der Waals surface area contributed by atoms with E-state index in [4.69, 9.17) is 11.1 Å². The molecule has 0 nitrogen and oxygen atoms in total. The molecule has 0 saturated carbocycles. The van der Waals surface area contributed by atoms with Crippen LogP contribution < -0.4 is 5.19 Å². The van der Waals surface area contributed by atoms with Crippen molar-refractivity contribution in [3.8, 4) is 0 Å². The van der Waals surface area contributed by atoms with Crippen molar-refractivity contribution in [2.75, 3.05) is 0 Å². The third kappa shape index (κ3) is 2.60. The normalized spacial score (nSPS) is 12.8. The minimum absolute atomic E-state index is 1.23. The van der Waals surface area contributed by atoms with E-state index in [1.54, 1.807) is 0 Å². The van der Waals surface area contributed by atoms with Gasteiger partial charge in [0.05, 0.1) is 0 Å². The van der Waals surface area contributed by atoms with Gasteiger partial charge in [-0.3, -0.25) is 0 Å². The highest BCUT2D eigenvalue weighted by Gasteiger charge is 2.25. The van der Waals surface area contributed by atoms with Crippen molar-refractivity contribution in [1.82, 2.24) is 0 Å². The molecule has 0 heterocycles. The first-order valence-electron chi connectivity index (χ1n) is 4.75. The molecule has 1 aromatic carbocycles. The maximum atomic E-state index is 6.63. The Hall–Kier alpha value is -0.793. The smallest absolute Gasteiger partial charge is 0.150 e. The maximum absolute atomic E-state index is 6.63. The number of hydrogen-bond donors (Lipinski definition) is 0. The van der Waals surface area contributed by atoms with Crippen molar-refractivity contribution in [3.05, 3.63) is 53.9 Å². The van der Waals surface area contributed by atoms with Gasteiger partial charge in [-0.05, 0) is 19.0 Å². The van der Waals surface area contributed by atoms with Crippen molar-refractivity contribution in [3.63, 3.8) is 0 Å². The standard InChI is InChI=1S/C12H15ClSi/c1-3-10-14(13,11-4-2)12-8-6-5-7-9-12/h3-11H,1-2H3/b10-3+,11-4+. The molecule has 0 radical (unpaired) electrons. The molecule has 1 rings (SSSR count). The van der Waals surface area contributed by atoms with E-state index in [9.17, 15) is 0 Å². The fraction of sp³-hybridized carbons (Fsp3) is 0.167. The molecule has 0 N–H and O–H groups in total. The fourth-order valence-corrected chi connectivity index (χ4v) is 4.73. The molecule has 0 aliphatic heterocycles. The van der Waals surface area contributed by atoms with E-state index in [-0.39, 0.29) is 0 Å². The highest BCUT2D eigenvalue weighted by Crippen LogP contribution is 2.13. The van der Waals surface area contributed by atoms with E-state index in [1.807, 2.05) is 44.2 Å². The van der Waals surface area contributed by atoms with Gasteiger partial charge in [0.15, 0.2) is 0 Å². The van der Waals surface area contributed by atoms with Crippen LogP contribution in [-0.4, -0.2) is 7.38 Å². The molecule has 0 saturated heterocycles. The molecule has 14 heavy (non-hydrogen) atoms. The van der Waals surface area contributed by atoms with Crippen LogP contribution in [0.5, 0.6) is 0 Å². The first kappa shape index (κ1) is 11.3. The summed E-state index contributed by atoms with van der Waals surface area (Å²) in [5, 5.41) is 1.23. The summed E-state index contributed by atoms with van der Waals surface area (Å²) >= 11 is 6.63. The Bertz CT molecular complexity index is 315. The minimum Gasteiger partial charge on any atom is -0.150 e. The van der Waals surface area contributed by atoms with Gasteiger partial charge >= 0.3 is 0 Å². The largest absolute Gasteiger partial charge is 0.233 e. The Labute approximate surface area is 91.6 Å². The van der Waals surface area contributed by atoms with Crippen LogP contribution in [0.3, 0.4) is 0 Å². The minimum atomic E-state index is -2.01. The van der Waals surface area contributed by atoms with E-state index in [0.29, 0.717) is 0 Å². The molecule has 0 bridgehead atoms. The molecule has 0 aliphatic rings. The fourth-order valence-electron chi connectivity index (χ4n) is 1.43. The zero-order chi connectivity index (χ0) is 10.4. The van der Waals surface area contributed by atoms with Crippen molar-refractivity contribution in [2.24, 2.45) is 0 Å². The molecule has 0 aromatic heterocycles. The lowest BCUT2D eigenvalue weighted by Crippen LogP contribution is -2.38. The Kier molecular flexibility index (Phi) is 4.17. The van der Waals surface area contributed by atoms with Crippen LogP contribution in [0.4, 0.5) is 0 Å². The number of rotatable bonds is 3. The van der Waals surface area contributed by atoms with E-state index < -0.39 is 7.38 Å². The molecule has 0 aliphatic carbocycles. The second-order valence-corrected chi connectivity index (χ2v) is 7.79. The van der Waals surface area contributed by atoms with Gasteiger partial charge in [-0.25, -0.2) is 0 Å². The molecule has 0 unspecified atom stereocenters. The van der Waals surface area contributed by atoms with Gasteiger partial charge in [-0.15, -0.1) is 11.1 Å². The second kappa shape index (κ2) is 5.18. The van der Waals surface area contributed by atoms with E-state index >= 15 is 0 Å². The van der Waals surface area contributed by atoms with Crippen molar-refractivity contribution in [2.45, 2.75) is 13.8 Å². The first-order valence-corrected chi connectivity index (χ1v) is 7.91. The van der Waals surface area contributed by atoms with Gasteiger partial charge in [0.25, 0.3) is 0 Å². The van der Waals surface area contributed by atoms with Crippen molar-refractivity contribution >= 4 is 23.6 Å². The monoisotopic (exact) mass is 222 g/mol. The lowest BCUT2D eigenvalue weighted by Gasteiger charge is -2.16. The summed E-state index contributed by atoms with van der Waals surface area (Å²) in [7, 11) is -2.01. The van der Waals surface area contributed by atoms with Gasteiger partial charge in [-0.1, -0.05) is 53.9 Å². The molecule has 0 amide bonds. The summed E-state index contributed by atoms with van der Waals surface area (Å²) in [4.78, 5) is 0. The Morgan fingerprint density at radius 1 is 1.00 bits per heavy atom. The summed E-state index contributed by atoms with van der Waals surface area (Å²) in [6.07, 6.45) is 4.07. The van der Waals surface area contributed by atoms with Crippen molar-refractivity contribution in [1.29, 1.82) is 0 Å². The molecular weight excluding hydrogens is 208 g/mol. The number of hydrogen-bond acceptors (Lipinski definition) is 0. The third-order valence-electron chi connectivity index (χ3n) is 2.03. The molecular formula is C12H15ClSi. The van der Waals surface area contributed by atoms with Crippen LogP contribution in [0, 0.1) is 0 Å². The van der Waals surface area contributed by atoms with Gasteiger partial charge < -0.3 is 0 Å². The van der Waals surface area contributed by atoms with Crippen LogP contribution in [0.25, 0.3) is 0 Å². The summed E-state index contributed by atoms with van der Waals surface area (Å²) in [6.45, 7) is 4.02. The predicted molar refractivity (Wildman–Crippen MR) is 67.3 cm³/mol. The average Bonchev–Trinajstić information content (AvgIpc) is 2.20. The van der Waals surface area contributed by atoms with Gasteiger partial charge in [0, 0.05) is 0 Å². The number of halogens is 1. The Balaban J connectivity index is 3.12. The SMILES string of the molecule is C/C=C/[Si](Cl)(/C=C/C)c1ccccc1. The highest BCUT2D eigenvalue weighted by molar-refractivity contribution is 7.32. The van der Waals surface area contributed by atoms with E-state index in [2.05, 4.69) is 23.5 Å². The van der Waals surface area contributed by atoms with Crippen LogP contribution in [-0.2, 0) is 0 Å². The lowest BCUT2D eigenvalue weighted by molar-refractivity contribution is 1.72. The molecule has 0 spiro atoms. The summed E-state index contributed by atoms with van der Waals surface area (Å²) in [6, 6.07) is 10.3. The highest BCUT2D eigenvalue weighted by atomic mass is 35.6. The van der Waals surface area contributed by atoms with Gasteiger partial charge in [0.1, 0.15) is 0 Å². The molecule has 2 heteroatoms. The zero-order valence-corrected chi connectivity index (χ0v) is 10.3. The average molecular weight is 223 g/mol. The van der Waals surface area contributed by atoms with Crippen molar-refractivity contribution < 1.29 is 0 Å². The summed E-state index contributed by atoms with van der Waals surface area (Å²) in [5.41, 5.74) is 4.26. The Morgan fingerprint density at radius 2 is 1.50 bits per heavy atom. The van der Waals surface area contributed by atoms with Crippen LogP contribution in [0.15, 0.2) is 53.9 Å². The first-order chi connectivity index (χ1) is 6.73. The van der Waals surface area contributed by atoms with Crippen LogP contribution >= 0.6 is 11.1 Å². The topological polar surface area (TPSA) is 0 Å². The quantitative estimate of drug-likeness (QED) is 0.544. The summed E-state index contributed by atoms with van der Waals surface area (Å²) < 4.78 is 0. The lowest BCUT2D eigenvalue weighted by atomic mass is 10.4. The van der Waals surface area contributed by atoms with E-state index in [0.717, 1.165) is 0 Å². The van der Waals surface area contributed by atoms with Crippen LogP contribution in [0.2, 0.25) is 0 Å². The molecule has 0 fully saturated rings. The van der Waals surface area contributed by atoms with E-state index in [1.165, 1.54) is 5.19 Å². The third-order valence-corrected chi connectivity index (χ3v) is 6.30. The second-order valence-electron chi connectivity index (χ2n) is 3.13. The van der Waals surface area contributed by atoms with Crippen LogP contribution in [0.1, 0.15) is 13.8 Å². The summed E-state index contributed by atoms with van der Waals surface area (Å²) in [5.74, 6) is 0. The molecule has 74 valence electrons. The zero-order valence-electron chi connectivity index (χ0n) is 8.57. The predicted octanol–water partition coefficient (Wildman–Crippen LogP) is 3.31. The maximum Gasteiger partial charge on any atom is 0.233 e. The number of benzene rings is 1. The number of allylic oxidation sites excluding steroid dienone is 2. The van der Waals surface area contributed by atoms with Gasteiger partial charge in [-0.2, -0.15) is 0 Å².